The van der Waals surface area contributed by atoms with Gasteiger partial charge >= 0.3 is 0 Å². The van der Waals surface area contributed by atoms with Crippen molar-refractivity contribution in [2.24, 2.45) is 17.1 Å². The lowest BCUT2D eigenvalue weighted by Gasteiger charge is -2.26. The average Bonchev–Trinajstić information content (AvgIpc) is 2.97. The van der Waals surface area contributed by atoms with Crippen molar-refractivity contribution >= 4 is 18.3 Å². The third-order valence-corrected chi connectivity index (χ3v) is 4.02. The Hall–Kier alpha value is -0.280. The third-order valence-electron chi connectivity index (χ3n) is 4.02. The first-order valence-electron chi connectivity index (χ1n) is 6.17. The minimum atomic E-state index is -0.109. The van der Waals surface area contributed by atoms with Gasteiger partial charge in [0.05, 0.1) is 0 Å². The Morgan fingerprint density at radius 1 is 1.44 bits per heavy atom. The molecule has 0 aliphatic heterocycles. The molecule has 3 N–H and O–H groups in total. The van der Waals surface area contributed by atoms with Crippen molar-refractivity contribution < 1.29 is 4.79 Å². The van der Waals surface area contributed by atoms with Crippen LogP contribution in [0.25, 0.3) is 0 Å². The van der Waals surface area contributed by atoms with Gasteiger partial charge in [-0.2, -0.15) is 0 Å². The number of rotatable bonds is 4. The Bertz CT molecular complexity index is 247. The Morgan fingerprint density at radius 3 is 2.44 bits per heavy atom. The second kappa shape index (κ2) is 5.37. The fraction of sp³-hybridized carbons (Fsp3) is 0.917. The highest BCUT2D eigenvalue weighted by Gasteiger charge is 2.39. The van der Waals surface area contributed by atoms with Crippen LogP contribution < -0.4 is 11.1 Å². The number of nitrogens with two attached hydrogens (primary N) is 1. The van der Waals surface area contributed by atoms with Crippen LogP contribution in [0.3, 0.4) is 0 Å². The van der Waals surface area contributed by atoms with E-state index < -0.39 is 0 Å². The quantitative estimate of drug-likeness (QED) is 0.796. The normalized spacial score (nSPS) is 24.6. The van der Waals surface area contributed by atoms with Crippen LogP contribution in [0.15, 0.2) is 0 Å². The van der Waals surface area contributed by atoms with E-state index in [1.807, 2.05) is 0 Å². The van der Waals surface area contributed by atoms with Crippen molar-refractivity contribution in [1.82, 2.24) is 5.32 Å². The maximum Gasteiger partial charge on any atom is 0.226 e. The number of carbonyl (C=O) groups excluding carboxylic acids is 1. The van der Waals surface area contributed by atoms with E-state index in [1.54, 1.807) is 0 Å². The van der Waals surface area contributed by atoms with Crippen molar-refractivity contribution in [3.05, 3.63) is 0 Å². The molecule has 1 atom stereocenters. The standard InChI is InChI=1S/C12H22N2O.ClH/c1-12(6-2-3-7-12)11(15)14-10(8-13)9-4-5-9;/h9-10H,2-8,13H2,1H3,(H,14,15);1H. The van der Waals surface area contributed by atoms with Crippen LogP contribution in [0.5, 0.6) is 0 Å². The molecule has 0 radical (unpaired) electrons. The SMILES string of the molecule is CC1(C(=O)NC(CN)C2CC2)CCCC1.Cl. The van der Waals surface area contributed by atoms with E-state index in [0.717, 1.165) is 12.8 Å². The predicted molar refractivity (Wildman–Crippen MR) is 67.5 cm³/mol. The fourth-order valence-corrected chi connectivity index (χ4v) is 2.59. The Labute approximate surface area is 104 Å². The Morgan fingerprint density at radius 2 is 2.00 bits per heavy atom. The first-order valence-corrected chi connectivity index (χ1v) is 6.17. The van der Waals surface area contributed by atoms with E-state index in [1.165, 1.54) is 25.7 Å². The molecular formula is C12H23ClN2O. The van der Waals surface area contributed by atoms with E-state index >= 15 is 0 Å². The zero-order valence-corrected chi connectivity index (χ0v) is 10.8. The molecule has 2 rings (SSSR count). The van der Waals surface area contributed by atoms with E-state index in [2.05, 4.69) is 12.2 Å². The maximum absolute atomic E-state index is 12.1. The van der Waals surface area contributed by atoms with Crippen molar-refractivity contribution in [1.29, 1.82) is 0 Å². The minimum absolute atomic E-state index is 0. The molecule has 0 saturated heterocycles. The molecule has 0 aromatic carbocycles. The van der Waals surface area contributed by atoms with E-state index in [-0.39, 0.29) is 29.8 Å². The van der Waals surface area contributed by atoms with Crippen LogP contribution in [0.2, 0.25) is 0 Å². The van der Waals surface area contributed by atoms with Gasteiger partial charge in [0.25, 0.3) is 0 Å². The molecular weight excluding hydrogens is 224 g/mol. The van der Waals surface area contributed by atoms with Gasteiger partial charge in [-0.05, 0) is 31.6 Å². The molecule has 94 valence electrons. The first-order chi connectivity index (χ1) is 7.15. The molecule has 3 nitrogen and oxygen atoms in total. The van der Waals surface area contributed by atoms with Gasteiger partial charge in [0.15, 0.2) is 0 Å². The molecule has 1 amide bonds. The van der Waals surface area contributed by atoms with Crippen molar-refractivity contribution in [2.45, 2.75) is 51.5 Å². The molecule has 4 heteroatoms. The summed E-state index contributed by atoms with van der Waals surface area (Å²) >= 11 is 0. The van der Waals surface area contributed by atoms with Gasteiger partial charge in [-0.15, -0.1) is 12.4 Å². The number of amides is 1. The molecule has 1 unspecified atom stereocenters. The lowest BCUT2D eigenvalue weighted by atomic mass is 9.87. The summed E-state index contributed by atoms with van der Waals surface area (Å²) in [5.41, 5.74) is 5.58. The zero-order valence-electron chi connectivity index (χ0n) is 10.00. The molecule has 0 spiro atoms. The van der Waals surface area contributed by atoms with Gasteiger partial charge in [-0.1, -0.05) is 19.8 Å². The third kappa shape index (κ3) is 2.89. The Kier molecular flexibility index (Phi) is 4.62. The summed E-state index contributed by atoms with van der Waals surface area (Å²) in [5, 5.41) is 3.15. The van der Waals surface area contributed by atoms with Crippen molar-refractivity contribution in [2.75, 3.05) is 6.54 Å². The van der Waals surface area contributed by atoms with Crippen LogP contribution in [0.4, 0.5) is 0 Å². The van der Waals surface area contributed by atoms with Gasteiger partial charge in [0, 0.05) is 18.0 Å². The number of hydrogen-bond donors (Lipinski definition) is 2. The molecule has 0 heterocycles. The lowest BCUT2D eigenvalue weighted by Crippen LogP contribution is -2.47. The number of carbonyl (C=O) groups is 1. The highest BCUT2D eigenvalue weighted by Crippen LogP contribution is 2.38. The fourth-order valence-electron chi connectivity index (χ4n) is 2.59. The number of halogens is 1. The largest absolute Gasteiger partial charge is 0.351 e. The van der Waals surface area contributed by atoms with Crippen molar-refractivity contribution in [3.8, 4) is 0 Å². The van der Waals surface area contributed by atoms with Crippen LogP contribution >= 0.6 is 12.4 Å². The highest BCUT2D eigenvalue weighted by molar-refractivity contribution is 5.85. The van der Waals surface area contributed by atoms with Gasteiger partial charge < -0.3 is 11.1 Å². The van der Waals surface area contributed by atoms with Crippen LogP contribution in [0.1, 0.15) is 45.4 Å². The number of nitrogens with one attached hydrogen (secondary N) is 1. The van der Waals surface area contributed by atoms with Crippen molar-refractivity contribution in [3.63, 3.8) is 0 Å². The first kappa shape index (κ1) is 13.8. The molecule has 2 fully saturated rings. The molecule has 0 bridgehead atoms. The highest BCUT2D eigenvalue weighted by atomic mass is 35.5. The second-order valence-corrected chi connectivity index (χ2v) is 5.42. The van der Waals surface area contributed by atoms with E-state index in [0.29, 0.717) is 12.5 Å². The summed E-state index contributed by atoms with van der Waals surface area (Å²) in [4.78, 5) is 12.1. The van der Waals surface area contributed by atoms with E-state index in [4.69, 9.17) is 5.73 Å². The van der Waals surface area contributed by atoms with Gasteiger partial charge in [0.1, 0.15) is 0 Å². The summed E-state index contributed by atoms with van der Waals surface area (Å²) in [6.07, 6.45) is 6.95. The molecule has 2 aliphatic rings. The average molecular weight is 247 g/mol. The Balaban J connectivity index is 0.00000128. The van der Waals surface area contributed by atoms with Crippen LogP contribution in [-0.4, -0.2) is 18.5 Å². The zero-order chi connectivity index (χ0) is 10.9. The molecule has 0 aromatic heterocycles. The van der Waals surface area contributed by atoms with Gasteiger partial charge in [0.2, 0.25) is 5.91 Å². The van der Waals surface area contributed by atoms with Gasteiger partial charge in [-0.3, -0.25) is 4.79 Å². The minimum Gasteiger partial charge on any atom is -0.351 e. The summed E-state index contributed by atoms with van der Waals surface area (Å²) in [6, 6.07) is 0.231. The molecule has 16 heavy (non-hydrogen) atoms. The van der Waals surface area contributed by atoms with Crippen LogP contribution in [-0.2, 0) is 4.79 Å². The van der Waals surface area contributed by atoms with E-state index in [9.17, 15) is 4.79 Å². The summed E-state index contributed by atoms with van der Waals surface area (Å²) < 4.78 is 0. The molecule has 2 aliphatic carbocycles. The summed E-state index contributed by atoms with van der Waals surface area (Å²) in [7, 11) is 0. The summed E-state index contributed by atoms with van der Waals surface area (Å²) in [6.45, 7) is 2.68. The lowest BCUT2D eigenvalue weighted by molar-refractivity contribution is -0.130. The van der Waals surface area contributed by atoms with Gasteiger partial charge in [-0.25, -0.2) is 0 Å². The van der Waals surface area contributed by atoms with Crippen LogP contribution in [0, 0.1) is 11.3 Å². The summed E-state index contributed by atoms with van der Waals surface area (Å²) in [5.74, 6) is 0.895. The smallest absolute Gasteiger partial charge is 0.226 e. The monoisotopic (exact) mass is 246 g/mol. The number of hydrogen-bond acceptors (Lipinski definition) is 2. The molecule has 0 aromatic rings. The second-order valence-electron chi connectivity index (χ2n) is 5.42. The molecule has 2 saturated carbocycles. The topological polar surface area (TPSA) is 55.1 Å². The predicted octanol–water partition coefficient (Wildman–Crippen LogP) is 1.84. The maximum atomic E-state index is 12.1.